The number of rotatable bonds is 6. The molecular formula is C26H23BrN4O2S. The maximum Gasteiger partial charge on any atom is 0.191 e. The Bertz CT molecular complexity index is 1430. The second-order valence-electron chi connectivity index (χ2n) is 8.14. The Labute approximate surface area is 209 Å². The average molecular weight is 535 g/mol. The number of nitrogens with zero attached hydrogens (tertiary/aromatic N) is 4. The van der Waals surface area contributed by atoms with Gasteiger partial charge in [0.1, 0.15) is 29.4 Å². The van der Waals surface area contributed by atoms with Crippen LogP contribution in [-0.2, 0) is 0 Å². The number of aryl methyl sites for hydroxylation is 1. The molecule has 8 heteroatoms. The van der Waals surface area contributed by atoms with E-state index in [1.54, 1.807) is 12.1 Å². The molecule has 2 unspecified atom stereocenters. The second-order valence-corrected chi connectivity index (χ2v) is 9.89. The lowest BCUT2D eigenvalue weighted by Gasteiger charge is -2.22. The van der Waals surface area contributed by atoms with Crippen LogP contribution in [0.5, 0.6) is 0 Å². The van der Waals surface area contributed by atoms with Crippen LogP contribution in [0.3, 0.4) is 0 Å². The van der Waals surface area contributed by atoms with Crippen LogP contribution in [0.1, 0.15) is 29.0 Å². The van der Waals surface area contributed by atoms with Crippen molar-refractivity contribution < 1.29 is 10.2 Å². The normalized spacial score (nSPS) is 13.2. The summed E-state index contributed by atoms with van der Waals surface area (Å²) < 4.78 is 2.77. The molecular weight excluding hydrogens is 512 g/mol. The van der Waals surface area contributed by atoms with Crippen LogP contribution < -0.4 is 4.90 Å². The van der Waals surface area contributed by atoms with E-state index in [-0.39, 0.29) is 0 Å². The lowest BCUT2D eigenvalue weighted by molar-refractivity contribution is 0.0153. The van der Waals surface area contributed by atoms with Gasteiger partial charge in [-0.25, -0.2) is 9.97 Å². The van der Waals surface area contributed by atoms with E-state index in [0.29, 0.717) is 22.7 Å². The Morgan fingerprint density at radius 1 is 0.941 bits per heavy atom. The molecule has 3 heterocycles. The molecule has 0 spiro atoms. The van der Waals surface area contributed by atoms with Gasteiger partial charge in [-0.3, -0.25) is 4.40 Å². The Kier molecular flexibility index (Phi) is 6.22. The van der Waals surface area contributed by atoms with E-state index in [2.05, 4.69) is 52.1 Å². The van der Waals surface area contributed by atoms with E-state index in [1.165, 1.54) is 16.9 Å². The molecule has 2 N–H and O–H groups in total. The number of hydrogen-bond donors (Lipinski definition) is 2. The highest BCUT2D eigenvalue weighted by Crippen LogP contribution is 2.39. The van der Waals surface area contributed by atoms with Crippen molar-refractivity contribution >= 4 is 43.9 Å². The van der Waals surface area contributed by atoms with Crippen molar-refractivity contribution in [2.75, 3.05) is 11.9 Å². The summed E-state index contributed by atoms with van der Waals surface area (Å²) in [5.74, 6) is 0.642. The maximum atomic E-state index is 11.2. The number of aromatic nitrogens is 3. The largest absolute Gasteiger partial charge is 0.385 e. The number of benzene rings is 2. The van der Waals surface area contributed by atoms with Crippen LogP contribution in [0.15, 0.2) is 82.8 Å². The number of anilines is 2. The fourth-order valence-corrected chi connectivity index (χ4v) is 5.04. The Balaban J connectivity index is 1.58. The summed E-state index contributed by atoms with van der Waals surface area (Å²) in [7, 11) is 1.90. The summed E-state index contributed by atoms with van der Waals surface area (Å²) in [6.45, 7) is 2.06. The van der Waals surface area contributed by atoms with Crippen molar-refractivity contribution in [3.63, 3.8) is 0 Å². The number of fused-ring (bicyclic) bond motifs is 1. The SMILES string of the molecule is Cc1ccc(-c2csc(N(C)c3c(C(O)C(O)c4ccccc4)nc4ccc(Br)cn34)n2)cc1. The molecule has 5 rings (SSSR count). The zero-order valence-electron chi connectivity index (χ0n) is 18.6. The van der Waals surface area contributed by atoms with Gasteiger partial charge in [-0.05, 0) is 40.5 Å². The average Bonchev–Trinajstić information content (AvgIpc) is 3.49. The standard InChI is InChI=1S/C26H23BrN4O2S/c1-16-8-10-17(11-9-16)20-15-34-26(28-20)30(2)25-22(29-21-13-12-19(27)14-31(21)25)24(33)23(32)18-6-4-3-5-7-18/h3-15,23-24,32-33H,1-2H3. The summed E-state index contributed by atoms with van der Waals surface area (Å²) >= 11 is 5.04. The molecule has 34 heavy (non-hydrogen) atoms. The van der Waals surface area contributed by atoms with Crippen LogP contribution in [0.2, 0.25) is 0 Å². The van der Waals surface area contributed by atoms with Crippen molar-refractivity contribution in [2.45, 2.75) is 19.1 Å². The lowest BCUT2D eigenvalue weighted by atomic mass is 10.0. The van der Waals surface area contributed by atoms with Crippen molar-refractivity contribution in [2.24, 2.45) is 0 Å². The highest BCUT2D eigenvalue weighted by Gasteiger charge is 2.30. The molecule has 0 aliphatic rings. The molecule has 0 radical (unpaired) electrons. The number of aliphatic hydroxyl groups excluding tert-OH is 2. The molecule has 0 saturated heterocycles. The summed E-state index contributed by atoms with van der Waals surface area (Å²) in [5, 5.41) is 24.9. The van der Waals surface area contributed by atoms with Crippen LogP contribution in [0.4, 0.5) is 10.9 Å². The zero-order chi connectivity index (χ0) is 23.8. The first kappa shape index (κ1) is 22.7. The van der Waals surface area contributed by atoms with Crippen LogP contribution in [0, 0.1) is 6.92 Å². The monoisotopic (exact) mass is 534 g/mol. The summed E-state index contributed by atoms with van der Waals surface area (Å²) in [5.41, 5.74) is 4.79. The topological polar surface area (TPSA) is 73.9 Å². The first-order valence-corrected chi connectivity index (χ1v) is 12.4. The zero-order valence-corrected chi connectivity index (χ0v) is 21.0. The van der Waals surface area contributed by atoms with Crippen LogP contribution in [-0.4, -0.2) is 31.6 Å². The van der Waals surface area contributed by atoms with E-state index < -0.39 is 12.2 Å². The number of imidazole rings is 1. The minimum Gasteiger partial charge on any atom is -0.385 e. The molecule has 5 aromatic rings. The highest BCUT2D eigenvalue weighted by atomic mass is 79.9. The van der Waals surface area contributed by atoms with E-state index in [4.69, 9.17) is 4.98 Å². The van der Waals surface area contributed by atoms with Gasteiger partial charge in [0.2, 0.25) is 0 Å². The molecule has 2 atom stereocenters. The summed E-state index contributed by atoms with van der Waals surface area (Å²) in [6, 6.07) is 21.1. The molecule has 0 fully saturated rings. The fraction of sp³-hybridized carbons (Fsp3) is 0.154. The first-order chi connectivity index (χ1) is 16.4. The molecule has 0 bridgehead atoms. The maximum absolute atomic E-state index is 11.2. The second kappa shape index (κ2) is 9.31. The quantitative estimate of drug-likeness (QED) is 0.276. The number of halogens is 1. The van der Waals surface area contributed by atoms with Crippen molar-refractivity contribution in [3.05, 3.63) is 99.6 Å². The van der Waals surface area contributed by atoms with Gasteiger partial charge in [0.25, 0.3) is 0 Å². The third-order valence-corrected chi connectivity index (χ3v) is 7.13. The Morgan fingerprint density at radius 2 is 1.68 bits per heavy atom. The van der Waals surface area contributed by atoms with Crippen molar-refractivity contribution in [1.82, 2.24) is 14.4 Å². The predicted molar refractivity (Wildman–Crippen MR) is 140 cm³/mol. The van der Waals surface area contributed by atoms with Gasteiger partial charge in [0.15, 0.2) is 5.13 Å². The molecule has 6 nitrogen and oxygen atoms in total. The fourth-order valence-electron chi connectivity index (χ4n) is 3.90. The number of hydrogen-bond acceptors (Lipinski definition) is 6. The molecule has 0 aliphatic heterocycles. The summed E-state index contributed by atoms with van der Waals surface area (Å²) in [4.78, 5) is 11.4. The van der Waals surface area contributed by atoms with Gasteiger partial charge >= 0.3 is 0 Å². The third-order valence-electron chi connectivity index (χ3n) is 5.75. The van der Waals surface area contributed by atoms with Crippen LogP contribution >= 0.6 is 27.3 Å². The number of pyridine rings is 1. The van der Waals surface area contributed by atoms with E-state index in [9.17, 15) is 10.2 Å². The highest BCUT2D eigenvalue weighted by molar-refractivity contribution is 9.10. The minimum absolute atomic E-state index is 0.379. The van der Waals surface area contributed by atoms with Crippen molar-refractivity contribution in [1.29, 1.82) is 0 Å². The smallest absolute Gasteiger partial charge is 0.191 e. The minimum atomic E-state index is -1.23. The van der Waals surface area contributed by atoms with Crippen LogP contribution in [0.25, 0.3) is 16.9 Å². The van der Waals surface area contributed by atoms with Gasteiger partial charge in [-0.2, -0.15) is 0 Å². The van der Waals surface area contributed by atoms with Gasteiger partial charge in [-0.1, -0.05) is 60.2 Å². The van der Waals surface area contributed by atoms with Gasteiger partial charge in [-0.15, -0.1) is 11.3 Å². The van der Waals surface area contributed by atoms with Crippen molar-refractivity contribution in [3.8, 4) is 11.3 Å². The molecule has 0 saturated carbocycles. The number of thiazole rings is 1. The lowest BCUT2D eigenvalue weighted by Crippen LogP contribution is -2.18. The van der Waals surface area contributed by atoms with Gasteiger partial charge in [0.05, 0.1) is 5.69 Å². The Hall–Kier alpha value is -3.04. The molecule has 3 aromatic heterocycles. The van der Waals surface area contributed by atoms with E-state index in [1.807, 2.05) is 58.3 Å². The number of aliphatic hydroxyl groups is 2. The predicted octanol–water partition coefficient (Wildman–Crippen LogP) is 6.06. The van der Waals surface area contributed by atoms with Gasteiger partial charge < -0.3 is 15.1 Å². The van der Waals surface area contributed by atoms with E-state index >= 15 is 0 Å². The summed E-state index contributed by atoms with van der Waals surface area (Å²) in [6.07, 6.45) is -0.454. The van der Waals surface area contributed by atoms with Gasteiger partial charge in [0, 0.05) is 28.7 Å². The third kappa shape index (κ3) is 4.25. The molecule has 0 amide bonds. The first-order valence-electron chi connectivity index (χ1n) is 10.8. The molecule has 2 aromatic carbocycles. The Morgan fingerprint density at radius 3 is 2.41 bits per heavy atom. The molecule has 0 aliphatic carbocycles. The van der Waals surface area contributed by atoms with E-state index in [0.717, 1.165) is 20.9 Å². The molecule has 172 valence electrons.